The Morgan fingerprint density at radius 1 is 1.53 bits per heavy atom. The Morgan fingerprint density at radius 2 is 2.18 bits per heavy atom. The molecule has 0 aliphatic carbocycles. The molecule has 0 heterocycles. The van der Waals surface area contributed by atoms with Crippen molar-refractivity contribution < 1.29 is 9.13 Å². The van der Waals surface area contributed by atoms with Gasteiger partial charge in [0, 0.05) is 11.6 Å². The first kappa shape index (κ1) is 14.6. The molecular formula is C12H18BrFN2O. The topological polar surface area (TPSA) is 47.3 Å². The van der Waals surface area contributed by atoms with E-state index < -0.39 is 5.60 Å². The molecule has 0 aliphatic heterocycles. The zero-order chi connectivity index (χ0) is 13.1. The second-order valence-electron chi connectivity index (χ2n) is 4.47. The van der Waals surface area contributed by atoms with Gasteiger partial charge in [0.25, 0.3) is 0 Å². The molecule has 0 aromatic heterocycles. The zero-order valence-electron chi connectivity index (χ0n) is 10.3. The quantitative estimate of drug-likeness (QED) is 0.648. The first-order valence-corrected chi connectivity index (χ1v) is 6.15. The van der Waals surface area contributed by atoms with Crippen molar-refractivity contribution in [3.8, 4) is 0 Å². The summed E-state index contributed by atoms with van der Waals surface area (Å²) in [6.07, 6.45) is 0.469. The minimum Gasteiger partial charge on any atom is -0.377 e. The number of hydrogen-bond donors (Lipinski definition) is 2. The molecule has 3 N–H and O–H groups in total. The lowest BCUT2D eigenvalue weighted by molar-refractivity contribution is -0.0102. The second-order valence-corrected chi connectivity index (χ2v) is 5.38. The fraction of sp³-hybridized carbons (Fsp3) is 0.500. The number of hydrogen-bond acceptors (Lipinski definition) is 3. The van der Waals surface area contributed by atoms with E-state index in [0.717, 1.165) is 4.47 Å². The number of nitrogens with one attached hydrogen (secondary N) is 1. The highest BCUT2D eigenvalue weighted by Crippen LogP contribution is 2.21. The lowest BCUT2D eigenvalue weighted by Gasteiger charge is -2.32. The highest BCUT2D eigenvalue weighted by Gasteiger charge is 2.29. The molecule has 17 heavy (non-hydrogen) atoms. The zero-order valence-corrected chi connectivity index (χ0v) is 11.8. The minimum atomic E-state index is -0.464. The summed E-state index contributed by atoms with van der Waals surface area (Å²) in [4.78, 5) is 0. The van der Waals surface area contributed by atoms with E-state index in [1.54, 1.807) is 13.2 Å². The molecule has 0 saturated heterocycles. The lowest BCUT2D eigenvalue weighted by atomic mass is 9.92. The van der Waals surface area contributed by atoms with Crippen LogP contribution in [0.25, 0.3) is 0 Å². The predicted molar refractivity (Wildman–Crippen MR) is 70.0 cm³/mol. The van der Waals surface area contributed by atoms with Crippen molar-refractivity contribution >= 4 is 15.9 Å². The van der Waals surface area contributed by atoms with Gasteiger partial charge >= 0.3 is 0 Å². The third-order valence-corrected chi connectivity index (χ3v) is 3.50. The molecule has 5 heteroatoms. The van der Waals surface area contributed by atoms with E-state index in [1.165, 1.54) is 6.07 Å². The van der Waals surface area contributed by atoms with Gasteiger partial charge in [-0.25, -0.2) is 4.39 Å². The average Bonchev–Trinajstić information content (AvgIpc) is 2.27. The number of ether oxygens (including phenoxy) is 1. The Morgan fingerprint density at radius 3 is 2.65 bits per heavy atom. The number of benzene rings is 1. The summed E-state index contributed by atoms with van der Waals surface area (Å²) >= 11 is 3.23. The highest BCUT2D eigenvalue weighted by molar-refractivity contribution is 9.10. The summed E-state index contributed by atoms with van der Waals surface area (Å²) in [5.74, 6) is 5.26. The SMILES string of the molecule is COC(C)(C)C(Cc1ccc(Br)cc1F)NN. The summed E-state index contributed by atoms with van der Waals surface area (Å²) in [5, 5.41) is 0. The normalized spacial score (nSPS) is 13.8. The number of rotatable bonds is 5. The van der Waals surface area contributed by atoms with Crippen LogP contribution in [0.4, 0.5) is 4.39 Å². The Bertz CT molecular complexity index is 385. The van der Waals surface area contributed by atoms with Gasteiger partial charge in [0.05, 0.1) is 11.6 Å². The first-order chi connectivity index (χ1) is 7.90. The summed E-state index contributed by atoms with van der Waals surface area (Å²) in [6, 6.07) is 4.84. The van der Waals surface area contributed by atoms with Gasteiger partial charge in [0.15, 0.2) is 0 Å². The van der Waals surface area contributed by atoms with Gasteiger partial charge in [-0.2, -0.15) is 0 Å². The Hall–Kier alpha value is -0.490. The molecule has 0 spiro atoms. The molecule has 1 aromatic rings. The minimum absolute atomic E-state index is 0.164. The van der Waals surface area contributed by atoms with E-state index in [-0.39, 0.29) is 11.9 Å². The maximum Gasteiger partial charge on any atom is 0.127 e. The summed E-state index contributed by atoms with van der Waals surface area (Å²) < 4.78 is 19.8. The maximum absolute atomic E-state index is 13.7. The summed E-state index contributed by atoms with van der Waals surface area (Å²) in [5.41, 5.74) is 2.83. The molecular weight excluding hydrogens is 287 g/mol. The van der Waals surface area contributed by atoms with Gasteiger partial charge < -0.3 is 4.74 Å². The molecule has 0 radical (unpaired) electrons. The van der Waals surface area contributed by atoms with Gasteiger partial charge in [-0.3, -0.25) is 11.3 Å². The molecule has 96 valence electrons. The van der Waals surface area contributed by atoms with Crippen molar-refractivity contribution in [1.29, 1.82) is 0 Å². The standard InChI is InChI=1S/C12H18BrFN2O/c1-12(2,17-3)11(16-15)6-8-4-5-9(13)7-10(8)14/h4-5,7,11,16H,6,15H2,1-3H3. The van der Waals surface area contributed by atoms with Crippen molar-refractivity contribution in [1.82, 2.24) is 5.43 Å². The maximum atomic E-state index is 13.7. The fourth-order valence-corrected chi connectivity index (χ4v) is 1.89. The van der Waals surface area contributed by atoms with Crippen molar-refractivity contribution in [2.24, 2.45) is 5.84 Å². The van der Waals surface area contributed by atoms with Crippen molar-refractivity contribution in [3.63, 3.8) is 0 Å². The van der Waals surface area contributed by atoms with E-state index >= 15 is 0 Å². The van der Waals surface area contributed by atoms with Crippen LogP contribution in [0.2, 0.25) is 0 Å². The Balaban J connectivity index is 2.88. The predicted octanol–water partition coefficient (Wildman–Crippen LogP) is 2.39. The van der Waals surface area contributed by atoms with Crippen LogP contribution in [0, 0.1) is 5.82 Å². The van der Waals surface area contributed by atoms with E-state index in [9.17, 15) is 4.39 Å². The second kappa shape index (κ2) is 5.91. The van der Waals surface area contributed by atoms with E-state index in [2.05, 4.69) is 21.4 Å². The molecule has 0 fully saturated rings. The molecule has 0 aliphatic rings. The fourth-order valence-electron chi connectivity index (χ4n) is 1.55. The van der Waals surface area contributed by atoms with E-state index in [1.807, 2.05) is 19.9 Å². The first-order valence-electron chi connectivity index (χ1n) is 5.36. The highest BCUT2D eigenvalue weighted by atomic mass is 79.9. The third-order valence-electron chi connectivity index (χ3n) is 3.01. The van der Waals surface area contributed by atoms with Gasteiger partial charge in [-0.05, 0) is 38.0 Å². The van der Waals surface area contributed by atoms with Crippen LogP contribution in [0.3, 0.4) is 0 Å². The van der Waals surface area contributed by atoms with Crippen LogP contribution in [0.5, 0.6) is 0 Å². The largest absolute Gasteiger partial charge is 0.377 e. The van der Waals surface area contributed by atoms with Crippen LogP contribution in [0.1, 0.15) is 19.4 Å². The number of hydrazine groups is 1. The smallest absolute Gasteiger partial charge is 0.127 e. The van der Waals surface area contributed by atoms with Crippen molar-refractivity contribution in [2.45, 2.75) is 31.9 Å². The number of nitrogens with two attached hydrogens (primary N) is 1. The molecule has 0 saturated carbocycles. The molecule has 0 bridgehead atoms. The van der Waals surface area contributed by atoms with Crippen LogP contribution in [-0.4, -0.2) is 18.8 Å². The molecule has 3 nitrogen and oxygen atoms in total. The molecule has 1 rings (SSSR count). The summed E-state index contributed by atoms with van der Waals surface area (Å²) in [6.45, 7) is 3.82. The number of methoxy groups -OCH3 is 1. The Kier molecular flexibility index (Phi) is 5.06. The van der Waals surface area contributed by atoms with Gasteiger partial charge in [-0.1, -0.05) is 22.0 Å². The van der Waals surface area contributed by atoms with Crippen molar-refractivity contribution in [3.05, 3.63) is 34.1 Å². The van der Waals surface area contributed by atoms with E-state index in [0.29, 0.717) is 12.0 Å². The Labute approximate surface area is 110 Å². The molecule has 1 aromatic carbocycles. The van der Waals surface area contributed by atoms with Gasteiger partial charge in [-0.15, -0.1) is 0 Å². The number of halogens is 2. The molecule has 1 atom stereocenters. The third kappa shape index (κ3) is 3.74. The van der Waals surface area contributed by atoms with E-state index in [4.69, 9.17) is 10.6 Å². The molecule has 1 unspecified atom stereocenters. The average molecular weight is 305 g/mol. The van der Waals surface area contributed by atoms with Crippen LogP contribution >= 0.6 is 15.9 Å². The van der Waals surface area contributed by atoms with Crippen LogP contribution in [0.15, 0.2) is 22.7 Å². The van der Waals surface area contributed by atoms with Crippen molar-refractivity contribution in [2.75, 3.05) is 7.11 Å². The summed E-state index contributed by atoms with van der Waals surface area (Å²) in [7, 11) is 1.61. The monoisotopic (exact) mass is 304 g/mol. The van der Waals surface area contributed by atoms with Crippen LogP contribution in [-0.2, 0) is 11.2 Å². The van der Waals surface area contributed by atoms with Gasteiger partial charge in [0.2, 0.25) is 0 Å². The van der Waals surface area contributed by atoms with Crippen LogP contribution < -0.4 is 11.3 Å². The lowest BCUT2D eigenvalue weighted by Crippen LogP contribution is -2.52. The van der Waals surface area contributed by atoms with Gasteiger partial charge in [0.1, 0.15) is 5.82 Å². The molecule has 0 amide bonds.